The molecule has 0 aliphatic carbocycles. The number of hydrogen-bond donors (Lipinski definition) is 1. The smallest absolute Gasteiger partial charge is 0.410 e. The molecule has 1 fully saturated rings. The SMILES string of the molecule is Cc1cc(F)ccc1NCC1CCCCN1C(=O)OC(C)(C)C. The highest BCUT2D eigenvalue weighted by Gasteiger charge is 2.30. The van der Waals surface area contributed by atoms with E-state index >= 15 is 0 Å². The number of likely N-dealkylation sites (tertiary alicyclic amines) is 1. The van der Waals surface area contributed by atoms with Crippen LogP contribution >= 0.6 is 0 Å². The summed E-state index contributed by atoms with van der Waals surface area (Å²) in [6, 6.07) is 4.80. The van der Waals surface area contributed by atoms with Crippen LogP contribution in [0.25, 0.3) is 0 Å². The number of ether oxygens (including phenoxy) is 1. The van der Waals surface area contributed by atoms with Crippen molar-refractivity contribution in [1.82, 2.24) is 4.90 Å². The fraction of sp³-hybridized carbons (Fsp3) is 0.611. The standard InChI is InChI=1S/C18H27FN2O2/c1-13-11-14(19)8-9-16(13)20-12-15-7-5-6-10-21(15)17(22)23-18(2,3)4/h8-9,11,15,20H,5-7,10,12H2,1-4H3. The third-order valence-electron chi connectivity index (χ3n) is 3.97. The lowest BCUT2D eigenvalue weighted by molar-refractivity contribution is 0.0114. The Morgan fingerprint density at radius 3 is 2.78 bits per heavy atom. The Balaban J connectivity index is 1.99. The summed E-state index contributed by atoms with van der Waals surface area (Å²) in [4.78, 5) is 14.2. The summed E-state index contributed by atoms with van der Waals surface area (Å²) >= 11 is 0. The van der Waals surface area contributed by atoms with Crippen LogP contribution in [0.5, 0.6) is 0 Å². The third-order valence-corrected chi connectivity index (χ3v) is 3.97. The van der Waals surface area contributed by atoms with E-state index in [-0.39, 0.29) is 18.0 Å². The number of nitrogens with one attached hydrogen (secondary N) is 1. The van der Waals surface area contributed by atoms with Gasteiger partial charge in [-0.25, -0.2) is 9.18 Å². The maximum absolute atomic E-state index is 13.2. The van der Waals surface area contributed by atoms with Crippen LogP contribution in [0.2, 0.25) is 0 Å². The highest BCUT2D eigenvalue weighted by atomic mass is 19.1. The maximum Gasteiger partial charge on any atom is 0.410 e. The zero-order valence-electron chi connectivity index (χ0n) is 14.5. The zero-order valence-corrected chi connectivity index (χ0v) is 14.5. The van der Waals surface area contributed by atoms with Crippen molar-refractivity contribution in [3.05, 3.63) is 29.6 Å². The molecule has 1 amide bonds. The second-order valence-electron chi connectivity index (χ2n) is 7.16. The van der Waals surface area contributed by atoms with E-state index < -0.39 is 5.60 Å². The van der Waals surface area contributed by atoms with Crippen molar-refractivity contribution in [3.8, 4) is 0 Å². The van der Waals surface area contributed by atoms with Gasteiger partial charge in [-0.3, -0.25) is 0 Å². The fourth-order valence-corrected chi connectivity index (χ4v) is 2.83. The Labute approximate surface area is 138 Å². The summed E-state index contributed by atoms with van der Waals surface area (Å²) in [6.45, 7) is 8.88. The molecule has 4 nitrogen and oxygen atoms in total. The fourth-order valence-electron chi connectivity index (χ4n) is 2.83. The predicted octanol–water partition coefficient (Wildman–Crippen LogP) is 4.34. The molecule has 2 rings (SSSR count). The molecule has 23 heavy (non-hydrogen) atoms. The monoisotopic (exact) mass is 322 g/mol. The van der Waals surface area contributed by atoms with Gasteiger partial charge < -0.3 is 15.0 Å². The van der Waals surface area contributed by atoms with E-state index in [4.69, 9.17) is 4.74 Å². The van der Waals surface area contributed by atoms with Crippen molar-refractivity contribution in [2.24, 2.45) is 0 Å². The van der Waals surface area contributed by atoms with Gasteiger partial charge in [0.1, 0.15) is 11.4 Å². The number of amides is 1. The number of piperidine rings is 1. The molecule has 0 spiro atoms. The van der Waals surface area contributed by atoms with Crippen molar-refractivity contribution in [3.63, 3.8) is 0 Å². The van der Waals surface area contributed by atoms with Crippen molar-refractivity contribution >= 4 is 11.8 Å². The number of anilines is 1. The first-order valence-corrected chi connectivity index (χ1v) is 8.26. The lowest BCUT2D eigenvalue weighted by Crippen LogP contribution is -2.48. The second kappa shape index (κ2) is 7.20. The van der Waals surface area contributed by atoms with Gasteiger partial charge in [-0.1, -0.05) is 0 Å². The normalized spacial score (nSPS) is 18.7. The Morgan fingerprint density at radius 2 is 2.13 bits per heavy atom. The maximum atomic E-state index is 13.2. The van der Waals surface area contributed by atoms with Crippen LogP contribution in [0, 0.1) is 12.7 Å². The second-order valence-corrected chi connectivity index (χ2v) is 7.16. The Kier molecular flexibility index (Phi) is 5.50. The number of nitrogens with zero attached hydrogens (tertiary/aromatic N) is 1. The lowest BCUT2D eigenvalue weighted by atomic mass is 10.0. The Hall–Kier alpha value is -1.78. The lowest BCUT2D eigenvalue weighted by Gasteiger charge is -2.37. The van der Waals surface area contributed by atoms with Crippen molar-refractivity contribution < 1.29 is 13.9 Å². The van der Waals surface area contributed by atoms with Crippen LogP contribution in [0.1, 0.15) is 45.6 Å². The van der Waals surface area contributed by atoms with Crippen molar-refractivity contribution in [2.75, 3.05) is 18.4 Å². The first-order valence-electron chi connectivity index (χ1n) is 8.26. The number of benzene rings is 1. The molecule has 1 aliphatic heterocycles. The first kappa shape index (κ1) is 17.6. The molecule has 1 atom stereocenters. The average molecular weight is 322 g/mol. The summed E-state index contributed by atoms with van der Waals surface area (Å²) < 4.78 is 18.7. The van der Waals surface area contributed by atoms with Gasteiger partial charge in [-0.05, 0) is 70.7 Å². The summed E-state index contributed by atoms with van der Waals surface area (Å²) in [6.07, 6.45) is 2.81. The summed E-state index contributed by atoms with van der Waals surface area (Å²) in [5.74, 6) is -0.235. The molecule has 1 saturated heterocycles. The van der Waals surface area contributed by atoms with Gasteiger partial charge in [0.25, 0.3) is 0 Å². The van der Waals surface area contributed by atoms with Crippen LogP contribution in [0.3, 0.4) is 0 Å². The van der Waals surface area contributed by atoms with Gasteiger partial charge in [0.05, 0.1) is 6.04 Å². The molecular weight excluding hydrogens is 295 g/mol. The van der Waals surface area contributed by atoms with Crippen LogP contribution in [-0.4, -0.2) is 35.7 Å². The highest BCUT2D eigenvalue weighted by molar-refractivity contribution is 5.69. The number of aryl methyl sites for hydroxylation is 1. The molecule has 0 saturated carbocycles. The van der Waals surface area contributed by atoms with E-state index in [1.54, 1.807) is 6.07 Å². The average Bonchev–Trinajstić information content (AvgIpc) is 2.45. The van der Waals surface area contributed by atoms with E-state index in [0.717, 1.165) is 37.1 Å². The van der Waals surface area contributed by atoms with Gasteiger partial charge in [0.2, 0.25) is 0 Å². The predicted molar refractivity (Wildman–Crippen MR) is 90.2 cm³/mol. The van der Waals surface area contributed by atoms with Crippen LogP contribution in [0.4, 0.5) is 14.9 Å². The van der Waals surface area contributed by atoms with E-state index in [1.165, 1.54) is 12.1 Å². The van der Waals surface area contributed by atoms with Gasteiger partial charge in [-0.2, -0.15) is 0 Å². The van der Waals surface area contributed by atoms with Crippen molar-refractivity contribution in [1.29, 1.82) is 0 Å². The summed E-state index contributed by atoms with van der Waals surface area (Å²) in [5.41, 5.74) is 1.28. The Morgan fingerprint density at radius 1 is 1.39 bits per heavy atom. The third kappa shape index (κ3) is 5.12. The largest absolute Gasteiger partial charge is 0.444 e. The molecule has 1 N–H and O–H groups in total. The van der Waals surface area contributed by atoms with Gasteiger partial charge in [0, 0.05) is 18.8 Å². The molecule has 1 aromatic carbocycles. The van der Waals surface area contributed by atoms with Crippen molar-refractivity contribution in [2.45, 2.75) is 58.6 Å². The number of carbonyl (C=O) groups is 1. The number of halogens is 1. The molecule has 1 aliphatic rings. The Bertz CT molecular complexity index is 554. The molecule has 5 heteroatoms. The molecule has 0 bridgehead atoms. The van der Waals surface area contributed by atoms with Crippen LogP contribution < -0.4 is 5.32 Å². The minimum Gasteiger partial charge on any atom is -0.444 e. The van der Waals surface area contributed by atoms with E-state index in [1.807, 2.05) is 32.6 Å². The quantitative estimate of drug-likeness (QED) is 0.900. The van der Waals surface area contributed by atoms with E-state index in [9.17, 15) is 9.18 Å². The van der Waals surface area contributed by atoms with Crippen LogP contribution in [0.15, 0.2) is 18.2 Å². The molecule has 0 radical (unpaired) electrons. The van der Waals surface area contributed by atoms with Gasteiger partial charge in [0.15, 0.2) is 0 Å². The minimum absolute atomic E-state index is 0.100. The highest BCUT2D eigenvalue weighted by Crippen LogP contribution is 2.22. The summed E-state index contributed by atoms with van der Waals surface area (Å²) in [7, 11) is 0. The molecule has 128 valence electrons. The van der Waals surface area contributed by atoms with Gasteiger partial charge in [-0.15, -0.1) is 0 Å². The zero-order chi connectivity index (χ0) is 17.0. The number of rotatable bonds is 3. The minimum atomic E-state index is -0.486. The number of carbonyl (C=O) groups excluding carboxylic acids is 1. The molecule has 1 heterocycles. The molecule has 1 aromatic rings. The molecule has 0 aromatic heterocycles. The van der Waals surface area contributed by atoms with Gasteiger partial charge >= 0.3 is 6.09 Å². The topological polar surface area (TPSA) is 41.6 Å². The summed E-state index contributed by atoms with van der Waals surface area (Å²) in [5, 5.41) is 3.34. The number of hydrogen-bond acceptors (Lipinski definition) is 3. The van der Waals surface area contributed by atoms with E-state index in [2.05, 4.69) is 5.32 Å². The van der Waals surface area contributed by atoms with Crippen LogP contribution in [-0.2, 0) is 4.74 Å². The first-order chi connectivity index (χ1) is 10.8. The molecule has 1 unspecified atom stereocenters. The molecular formula is C18H27FN2O2. The van der Waals surface area contributed by atoms with E-state index in [0.29, 0.717) is 6.54 Å².